The van der Waals surface area contributed by atoms with Crippen molar-refractivity contribution in [3.05, 3.63) is 0 Å². The van der Waals surface area contributed by atoms with Gasteiger partial charge in [-0.15, -0.1) is 0 Å². The normalized spacial score (nSPS) is 35.7. The van der Waals surface area contributed by atoms with Gasteiger partial charge in [-0.1, -0.05) is 6.92 Å². The van der Waals surface area contributed by atoms with Gasteiger partial charge in [0.15, 0.2) is 12.2 Å². The van der Waals surface area contributed by atoms with Gasteiger partial charge in [-0.2, -0.15) is 0 Å². The summed E-state index contributed by atoms with van der Waals surface area (Å²) < 4.78 is 27.6. The minimum Gasteiger partial charge on any atom is -0.458 e. The van der Waals surface area contributed by atoms with Gasteiger partial charge in [0.2, 0.25) is 0 Å². The predicted molar refractivity (Wildman–Crippen MR) is 89.9 cm³/mol. The third kappa shape index (κ3) is 4.73. The van der Waals surface area contributed by atoms with Crippen molar-refractivity contribution in [3.8, 4) is 0 Å². The Morgan fingerprint density at radius 1 is 1.00 bits per heavy atom. The van der Waals surface area contributed by atoms with Crippen LogP contribution >= 0.6 is 0 Å². The molecule has 8 nitrogen and oxygen atoms in total. The van der Waals surface area contributed by atoms with Crippen LogP contribution in [0, 0.1) is 5.92 Å². The van der Waals surface area contributed by atoms with Crippen LogP contribution in [0.4, 0.5) is 0 Å². The van der Waals surface area contributed by atoms with Crippen molar-refractivity contribution < 1.29 is 38.4 Å². The second kappa shape index (κ2) is 6.74. The molecule has 0 aromatic carbocycles. The second-order valence-electron chi connectivity index (χ2n) is 8.94. The van der Waals surface area contributed by atoms with Gasteiger partial charge in [-0.05, 0) is 41.5 Å². The lowest BCUT2D eigenvalue weighted by atomic mass is 9.90. The van der Waals surface area contributed by atoms with E-state index in [9.17, 15) is 14.7 Å². The van der Waals surface area contributed by atoms with E-state index in [0.717, 1.165) is 0 Å². The number of carbonyl (C=O) groups is 2. The minimum atomic E-state index is -1.55. The molecule has 2 aliphatic heterocycles. The molecule has 0 aliphatic carbocycles. The largest absolute Gasteiger partial charge is 0.458 e. The quantitative estimate of drug-likeness (QED) is 0.742. The molecule has 0 aromatic heterocycles. The average molecular weight is 374 g/mol. The van der Waals surface area contributed by atoms with E-state index >= 15 is 0 Å². The van der Waals surface area contributed by atoms with Crippen LogP contribution in [0.25, 0.3) is 0 Å². The molecular formula is C18H30O8. The summed E-state index contributed by atoms with van der Waals surface area (Å²) >= 11 is 0. The maximum Gasteiger partial charge on any atom is 0.338 e. The topological polar surface area (TPSA) is 101 Å². The number of aliphatic hydroxyl groups is 1. The van der Waals surface area contributed by atoms with E-state index in [2.05, 4.69) is 0 Å². The first-order valence-corrected chi connectivity index (χ1v) is 8.79. The third-order valence-corrected chi connectivity index (χ3v) is 3.97. The highest BCUT2D eigenvalue weighted by Gasteiger charge is 2.60. The molecule has 150 valence electrons. The highest BCUT2D eigenvalue weighted by Crippen LogP contribution is 2.43. The molecule has 2 bridgehead atoms. The van der Waals surface area contributed by atoms with E-state index in [1.54, 1.807) is 48.5 Å². The maximum atomic E-state index is 12.5. The van der Waals surface area contributed by atoms with Crippen LogP contribution in [0.1, 0.15) is 55.4 Å². The number of esters is 2. The SMILES string of the molecule is C[C@H]1[C@H]([C@H](O)C(=O)OC(C)(C)C)O[C@]2(C)O[C@H]1[C@@H](C(=O)OC(C)(C)C)O2. The molecule has 26 heavy (non-hydrogen) atoms. The van der Waals surface area contributed by atoms with E-state index in [4.69, 9.17) is 23.7 Å². The van der Waals surface area contributed by atoms with Gasteiger partial charge in [-0.25, -0.2) is 9.59 Å². The molecule has 0 radical (unpaired) electrons. The lowest BCUT2D eigenvalue weighted by molar-refractivity contribution is -0.382. The van der Waals surface area contributed by atoms with Gasteiger partial charge >= 0.3 is 11.9 Å². The predicted octanol–water partition coefficient (Wildman–Crippen LogP) is 1.52. The summed E-state index contributed by atoms with van der Waals surface area (Å²) in [7, 11) is 0. The Kier molecular flexibility index (Phi) is 5.47. The fraction of sp³-hybridized carbons (Fsp3) is 0.889. The minimum absolute atomic E-state index is 0.509. The van der Waals surface area contributed by atoms with Crippen LogP contribution in [0.2, 0.25) is 0 Å². The Bertz CT molecular complexity index is 561. The van der Waals surface area contributed by atoms with Crippen LogP contribution in [-0.2, 0) is 33.3 Å². The number of aliphatic hydroxyl groups excluding tert-OH is 1. The Balaban J connectivity index is 2.16. The number of hydrogen-bond donors (Lipinski definition) is 1. The van der Waals surface area contributed by atoms with Crippen LogP contribution < -0.4 is 0 Å². The molecule has 0 saturated carbocycles. The number of rotatable bonds is 3. The molecular weight excluding hydrogens is 344 g/mol. The molecule has 1 N–H and O–H groups in total. The van der Waals surface area contributed by atoms with Crippen LogP contribution in [0.5, 0.6) is 0 Å². The van der Waals surface area contributed by atoms with Gasteiger partial charge in [-0.3, -0.25) is 0 Å². The molecule has 2 fully saturated rings. The summed E-state index contributed by atoms with van der Waals surface area (Å²) in [5.74, 6) is -3.43. The van der Waals surface area contributed by atoms with Crippen molar-refractivity contribution in [3.63, 3.8) is 0 Å². The van der Waals surface area contributed by atoms with Crippen molar-refractivity contribution in [2.24, 2.45) is 5.92 Å². The lowest BCUT2D eigenvalue weighted by Gasteiger charge is -2.39. The highest BCUT2D eigenvalue weighted by atomic mass is 16.9. The van der Waals surface area contributed by atoms with Crippen LogP contribution in [0.3, 0.4) is 0 Å². The zero-order valence-electron chi connectivity index (χ0n) is 16.7. The summed E-state index contributed by atoms with van der Waals surface area (Å²) in [6.45, 7) is 13.6. The van der Waals surface area contributed by atoms with E-state index < -0.39 is 59.4 Å². The summed E-state index contributed by atoms with van der Waals surface area (Å²) in [6, 6.07) is 0. The lowest BCUT2D eigenvalue weighted by Crippen LogP contribution is -2.54. The summed E-state index contributed by atoms with van der Waals surface area (Å²) in [6.07, 6.45) is -4.20. The van der Waals surface area contributed by atoms with Crippen molar-refractivity contribution in [2.45, 2.75) is 97.0 Å². The van der Waals surface area contributed by atoms with Gasteiger partial charge in [0.1, 0.15) is 23.4 Å². The standard InChI is InChI=1S/C18H30O8/c1-9-11(10(19)14(20)25-16(2,3)4)22-18(8)23-12(9)13(24-18)15(21)26-17(5,6)7/h9-13,19H,1-8H3/t9-,10-,11+,12+,13-,18+/m0/s1. The molecule has 0 amide bonds. The fourth-order valence-electron chi connectivity index (χ4n) is 3.00. The molecule has 0 unspecified atom stereocenters. The number of ether oxygens (including phenoxy) is 5. The van der Waals surface area contributed by atoms with Crippen LogP contribution in [0.15, 0.2) is 0 Å². The van der Waals surface area contributed by atoms with Crippen molar-refractivity contribution in [2.75, 3.05) is 0 Å². The molecule has 6 atom stereocenters. The summed E-state index contributed by atoms with van der Waals surface area (Å²) in [4.78, 5) is 24.7. The summed E-state index contributed by atoms with van der Waals surface area (Å²) in [5, 5.41) is 10.4. The fourth-order valence-corrected chi connectivity index (χ4v) is 3.00. The zero-order chi connectivity index (χ0) is 20.1. The van der Waals surface area contributed by atoms with E-state index in [-0.39, 0.29) is 0 Å². The summed E-state index contributed by atoms with van der Waals surface area (Å²) in [5.41, 5.74) is -1.43. The first-order chi connectivity index (χ1) is 11.6. The third-order valence-electron chi connectivity index (χ3n) is 3.97. The number of carbonyl (C=O) groups excluding carboxylic acids is 2. The molecule has 8 heteroatoms. The van der Waals surface area contributed by atoms with Crippen LogP contribution in [-0.4, -0.2) is 58.6 Å². The first kappa shape index (κ1) is 21.1. The molecule has 2 aliphatic rings. The van der Waals surface area contributed by atoms with Gasteiger partial charge in [0.25, 0.3) is 5.97 Å². The molecule has 2 heterocycles. The maximum absolute atomic E-state index is 12.5. The van der Waals surface area contributed by atoms with Crippen molar-refractivity contribution >= 4 is 11.9 Å². The molecule has 2 rings (SSSR count). The first-order valence-electron chi connectivity index (χ1n) is 8.79. The zero-order valence-corrected chi connectivity index (χ0v) is 16.7. The van der Waals surface area contributed by atoms with Crippen molar-refractivity contribution in [1.29, 1.82) is 0 Å². The Morgan fingerprint density at radius 3 is 2.04 bits per heavy atom. The Labute approximate surface area is 154 Å². The van der Waals surface area contributed by atoms with Gasteiger partial charge < -0.3 is 28.8 Å². The average Bonchev–Trinajstić information content (AvgIpc) is 2.73. The van der Waals surface area contributed by atoms with Gasteiger partial charge in [0.05, 0.1) is 0 Å². The smallest absolute Gasteiger partial charge is 0.338 e. The number of fused-ring (bicyclic) bond motifs is 2. The van der Waals surface area contributed by atoms with E-state index in [1.165, 1.54) is 6.92 Å². The monoisotopic (exact) mass is 374 g/mol. The molecule has 0 aromatic rings. The molecule has 2 saturated heterocycles. The van der Waals surface area contributed by atoms with Crippen molar-refractivity contribution in [1.82, 2.24) is 0 Å². The number of hydrogen-bond acceptors (Lipinski definition) is 8. The Morgan fingerprint density at radius 2 is 1.54 bits per heavy atom. The van der Waals surface area contributed by atoms with E-state index in [1.807, 2.05) is 0 Å². The highest BCUT2D eigenvalue weighted by molar-refractivity contribution is 5.77. The second-order valence-corrected chi connectivity index (χ2v) is 8.94. The van der Waals surface area contributed by atoms with E-state index in [0.29, 0.717) is 0 Å². The van der Waals surface area contributed by atoms with Gasteiger partial charge in [0, 0.05) is 12.8 Å². The Hall–Kier alpha value is -1.22. The molecule has 0 spiro atoms.